The van der Waals surface area contributed by atoms with E-state index < -0.39 is 0 Å². The zero-order chi connectivity index (χ0) is 15.2. The highest BCUT2D eigenvalue weighted by molar-refractivity contribution is 6.31. The summed E-state index contributed by atoms with van der Waals surface area (Å²) < 4.78 is 18.3. The van der Waals surface area contributed by atoms with Crippen molar-refractivity contribution in [2.75, 3.05) is 19.7 Å². The van der Waals surface area contributed by atoms with E-state index in [1.54, 1.807) is 13.0 Å². The number of benzene rings is 1. The minimum absolute atomic E-state index is 0.141. The highest BCUT2D eigenvalue weighted by Crippen LogP contribution is 2.33. The Morgan fingerprint density at radius 3 is 2.71 bits per heavy atom. The van der Waals surface area contributed by atoms with Crippen LogP contribution in [0.4, 0.5) is 4.39 Å². The van der Waals surface area contributed by atoms with Crippen molar-refractivity contribution >= 4 is 17.6 Å². The molecule has 116 valence electrons. The van der Waals surface area contributed by atoms with Crippen molar-refractivity contribution in [3.8, 4) is 0 Å². The molecule has 21 heavy (non-hydrogen) atoms. The third kappa shape index (κ3) is 4.42. The van der Waals surface area contributed by atoms with Crippen LogP contribution in [0.2, 0.25) is 5.02 Å². The summed E-state index contributed by atoms with van der Waals surface area (Å²) in [5.41, 5.74) is 0.799. The minimum Gasteiger partial charge on any atom is -0.466 e. The van der Waals surface area contributed by atoms with E-state index in [4.69, 9.17) is 16.3 Å². The number of rotatable bonds is 5. The van der Waals surface area contributed by atoms with E-state index in [1.807, 2.05) is 0 Å². The summed E-state index contributed by atoms with van der Waals surface area (Å²) in [5.74, 6) is -0.606. The Labute approximate surface area is 130 Å². The molecule has 1 aromatic rings. The number of hydrogen-bond donors (Lipinski definition) is 0. The molecule has 1 aromatic carbocycles. The van der Waals surface area contributed by atoms with E-state index in [0.717, 1.165) is 31.5 Å². The zero-order valence-electron chi connectivity index (χ0n) is 12.3. The fourth-order valence-corrected chi connectivity index (χ4v) is 3.11. The Bertz CT molecular complexity index is 489. The predicted molar refractivity (Wildman–Crippen MR) is 80.8 cm³/mol. The smallest absolute Gasteiger partial charge is 0.307 e. The first-order chi connectivity index (χ1) is 10.1. The number of carbonyl (C=O) groups excluding carboxylic acids is 1. The molecule has 1 heterocycles. The molecule has 0 spiro atoms. The third-order valence-electron chi connectivity index (χ3n) is 3.82. The maximum atomic E-state index is 13.2. The lowest BCUT2D eigenvalue weighted by Gasteiger charge is -2.34. The van der Waals surface area contributed by atoms with Crippen LogP contribution in [0.15, 0.2) is 18.2 Å². The second kappa shape index (κ2) is 7.76. The summed E-state index contributed by atoms with van der Waals surface area (Å²) >= 11 is 6.19. The van der Waals surface area contributed by atoms with Gasteiger partial charge in [0.05, 0.1) is 13.0 Å². The largest absolute Gasteiger partial charge is 0.466 e. The van der Waals surface area contributed by atoms with Crippen molar-refractivity contribution in [2.24, 2.45) is 0 Å². The quantitative estimate of drug-likeness (QED) is 0.771. The molecule has 1 unspecified atom stereocenters. The van der Waals surface area contributed by atoms with Gasteiger partial charge in [-0.15, -0.1) is 0 Å². The Hall–Kier alpha value is -1.13. The number of nitrogens with zero attached hydrogens (tertiary/aromatic N) is 1. The molecule has 1 aliphatic rings. The van der Waals surface area contributed by atoms with Gasteiger partial charge < -0.3 is 4.74 Å². The van der Waals surface area contributed by atoms with Crippen LogP contribution in [-0.2, 0) is 9.53 Å². The molecule has 0 amide bonds. The standard InChI is InChI=1S/C16H21ClFNO2/c1-2-21-16(20)11-15(19-8-4-3-5-9-19)13-7-6-12(18)10-14(13)17/h6-7,10,15H,2-5,8-9,11H2,1H3. The van der Waals surface area contributed by atoms with Crippen LogP contribution in [0.25, 0.3) is 0 Å². The highest BCUT2D eigenvalue weighted by Gasteiger charge is 2.27. The molecule has 3 nitrogen and oxygen atoms in total. The van der Waals surface area contributed by atoms with Gasteiger partial charge in [-0.25, -0.2) is 4.39 Å². The topological polar surface area (TPSA) is 29.5 Å². The molecule has 0 N–H and O–H groups in total. The maximum absolute atomic E-state index is 13.2. The average molecular weight is 314 g/mol. The molecule has 1 aliphatic heterocycles. The molecular weight excluding hydrogens is 293 g/mol. The van der Waals surface area contributed by atoms with Crippen LogP contribution < -0.4 is 0 Å². The van der Waals surface area contributed by atoms with Gasteiger partial charge in [-0.1, -0.05) is 24.1 Å². The number of carbonyl (C=O) groups is 1. The minimum atomic E-state index is -0.364. The van der Waals surface area contributed by atoms with Crippen LogP contribution in [0.3, 0.4) is 0 Å². The highest BCUT2D eigenvalue weighted by atomic mass is 35.5. The lowest BCUT2D eigenvalue weighted by atomic mass is 9.99. The summed E-state index contributed by atoms with van der Waals surface area (Å²) in [7, 11) is 0. The molecular formula is C16H21ClFNO2. The van der Waals surface area contributed by atoms with Gasteiger partial charge >= 0.3 is 5.97 Å². The molecule has 1 saturated heterocycles. The second-order valence-corrected chi connectivity index (χ2v) is 5.69. The van der Waals surface area contributed by atoms with Crippen molar-refractivity contribution in [3.05, 3.63) is 34.6 Å². The van der Waals surface area contributed by atoms with Crippen LogP contribution in [0.5, 0.6) is 0 Å². The van der Waals surface area contributed by atoms with Gasteiger partial charge in [0.2, 0.25) is 0 Å². The zero-order valence-corrected chi connectivity index (χ0v) is 13.0. The number of hydrogen-bond acceptors (Lipinski definition) is 3. The van der Waals surface area contributed by atoms with Gasteiger partial charge in [-0.05, 0) is 50.6 Å². The molecule has 0 aromatic heterocycles. The van der Waals surface area contributed by atoms with E-state index in [1.165, 1.54) is 18.6 Å². The molecule has 2 rings (SSSR count). The number of esters is 1. The van der Waals surface area contributed by atoms with Gasteiger partial charge in [0.25, 0.3) is 0 Å². The van der Waals surface area contributed by atoms with E-state index in [0.29, 0.717) is 11.6 Å². The molecule has 0 bridgehead atoms. The third-order valence-corrected chi connectivity index (χ3v) is 4.15. The Morgan fingerprint density at radius 2 is 2.10 bits per heavy atom. The number of ether oxygens (including phenoxy) is 1. The van der Waals surface area contributed by atoms with Crippen LogP contribution in [-0.4, -0.2) is 30.6 Å². The fraction of sp³-hybridized carbons (Fsp3) is 0.562. The van der Waals surface area contributed by atoms with Crippen molar-refractivity contribution in [1.82, 2.24) is 4.90 Å². The van der Waals surface area contributed by atoms with E-state index >= 15 is 0 Å². The van der Waals surface area contributed by atoms with Crippen molar-refractivity contribution in [2.45, 2.75) is 38.6 Å². The van der Waals surface area contributed by atoms with Crippen LogP contribution in [0, 0.1) is 5.82 Å². The number of halogens is 2. The molecule has 1 fully saturated rings. The first-order valence-corrected chi connectivity index (χ1v) is 7.84. The molecule has 0 aliphatic carbocycles. The molecule has 1 atom stereocenters. The Morgan fingerprint density at radius 1 is 1.38 bits per heavy atom. The fourth-order valence-electron chi connectivity index (χ4n) is 2.82. The Kier molecular flexibility index (Phi) is 6.00. The van der Waals surface area contributed by atoms with E-state index in [-0.39, 0.29) is 24.2 Å². The number of piperidine rings is 1. The summed E-state index contributed by atoms with van der Waals surface area (Å²) in [5, 5.41) is 0.370. The molecule has 0 radical (unpaired) electrons. The van der Waals surface area contributed by atoms with E-state index in [9.17, 15) is 9.18 Å². The molecule has 5 heteroatoms. The SMILES string of the molecule is CCOC(=O)CC(c1ccc(F)cc1Cl)N1CCCCC1. The second-order valence-electron chi connectivity index (χ2n) is 5.29. The van der Waals surface area contributed by atoms with Crippen molar-refractivity contribution < 1.29 is 13.9 Å². The van der Waals surface area contributed by atoms with Crippen LogP contribution in [0.1, 0.15) is 44.2 Å². The maximum Gasteiger partial charge on any atom is 0.307 e. The van der Waals surface area contributed by atoms with Gasteiger partial charge in [-0.2, -0.15) is 0 Å². The Balaban J connectivity index is 2.23. The van der Waals surface area contributed by atoms with Crippen molar-refractivity contribution in [3.63, 3.8) is 0 Å². The summed E-state index contributed by atoms with van der Waals surface area (Å²) in [6, 6.07) is 4.23. The van der Waals surface area contributed by atoms with Gasteiger partial charge in [0, 0.05) is 11.1 Å². The van der Waals surface area contributed by atoms with Gasteiger partial charge in [-0.3, -0.25) is 9.69 Å². The lowest BCUT2D eigenvalue weighted by Crippen LogP contribution is -2.35. The van der Waals surface area contributed by atoms with E-state index in [2.05, 4.69) is 4.90 Å². The summed E-state index contributed by atoms with van der Waals surface area (Å²) in [4.78, 5) is 14.1. The van der Waals surface area contributed by atoms with Gasteiger partial charge in [0.1, 0.15) is 5.82 Å². The first-order valence-electron chi connectivity index (χ1n) is 7.46. The number of likely N-dealkylation sites (tertiary alicyclic amines) is 1. The lowest BCUT2D eigenvalue weighted by molar-refractivity contribution is -0.144. The summed E-state index contributed by atoms with van der Waals surface area (Å²) in [6.45, 7) is 4.01. The predicted octanol–water partition coefficient (Wildman–Crippen LogP) is 3.96. The van der Waals surface area contributed by atoms with Gasteiger partial charge in [0.15, 0.2) is 0 Å². The van der Waals surface area contributed by atoms with Crippen molar-refractivity contribution in [1.29, 1.82) is 0 Å². The molecule has 0 saturated carbocycles. The average Bonchev–Trinajstić information content (AvgIpc) is 2.47. The summed E-state index contributed by atoms with van der Waals surface area (Å²) in [6.07, 6.45) is 3.68. The monoisotopic (exact) mass is 313 g/mol. The van der Waals surface area contributed by atoms with Crippen LogP contribution >= 0.6 is 11.6 Å². The normalized spacial score (nSPS) is 17.5. The first kappa shape index (κ1) is 16.2.